The number of halogens is 1. The molecular formula is C18H20BrNO. The molecule has 21 heavy (non-hydrogen) atoms. The maximum Gasteiger partial charge on any atom is 0.178 e. The van der Waals surface area contributed by atoms with Gasteiger partial charge in [0, 0.05) is 17.6 Å². The molecule has 0 saturated heterocycles. The van der Waals surface area contributed by atoms with Gasteiger partial charge in [0.2, 0.25) is 0 Å². The third-order valence-electron chi connectivity index (χ3n) is 3.85. The van der Waals surface area contributed by atoms with Crippen molar-refractivity contribution in [2.24, 2.45) is 0 Å². The second-order valence-corrected chi connectivity index (χ2v) is 6.50. The van der Waals surface area contributed by atoms with Crippen molar-refractivity contribution >= 4 is 21.7 Å². The molecule has 0 unspecified atom stereocenters. The van der Waals surface area contributed by atoms with Crippen molar-refractivity contribution in [2.45, 2.75) is 40.5 Å². The molecule has 110 valence electrons. The predicted molar refractivity (Wildman–Crippen MR) is 90.0 cm³/mol. The Morgan fingerprint density at radius 1 is 1.10 bits per heavy atom. The average Bonchev–Trinajstić information content (AvgIpc) is 2.40. The van der Waals surface area contributed by atoms with Crippen LogP contribution in [0.15, 0.2) is 28.9 Å². The molecule has 0 atom stereocenters. The van der Waals surface area contributed by atoms with Gasteiger partial charge in [-0.25, -0.2) is 0 Å². The lowest BCUT2D eigenvalue weighted by atomic mass is 9.94. The van der Waals surface area contributed by atoms with E-state index >= 15 is 0 Å². The van der Waals surface area contributed by atoms with Gasteiger partial charge in [-0.1, -0.05) is 17.7 Å². The fraction of sp³-hybridized carbons (Fsp3) is 0.333. The highest BCUT2D eigenvalue weighted by atomic mass is 79.9. The van der Waals surface area contributed by atoms with Crippen LogP contribution in [0.2, 0.25) is 0 Å². The summed E-state index contributed by atoms with van der Waals surface area (Å²) >= 11 is 3.44. The van der Waals surface area contributed by atoms with Gasteiger partial charge >= 0.3 is 0 Å². The number of aryl methyl sites for hydroxylation is 4. The van der Waals surface area contributed by atoms with Gasteiger partial charge < -0.3 is 0 Å². The zero-order valence-corrected chi connectivity index (χ0v) is 14.5. The molecule has 2 rings (SSSR count). The van der Waals surface area contributed by atoms with E-state index in [9.17, 15) is 4.79 Å². The molecule has 1 aromatic carbocycles. The van der Waals surface area contributed by atoms with Crippen molar-refractivity contribution in [1.82, 2.24) is 4.98 Å². The van der Waals surface area contributed by atoms with Gasteiger partial charge in [-0.3, -0.25) is 9.78 Å². The van der Waals surface area contributed by atoms with Gasteiger partial charge in [-0.2, -0.15) is 0 Å². The molecule has 3 heteroatoms. The maximum atomic E-state index is 11.7. The zero-order chi connectivity index (χ0) is 15.6. The number of benzene rings is 1. The molecule has 0 radical (unpaired) electrons. The van der Waals surface area contributed by atoms with Crippen LogP contribution >= 0.6 is 15.9 Å². The second-order valence-electron chi connectivity index (χ2n) is 5.58. The lowest BCUT2D eigenvalue weighted by molar-refractivity contribution is 0.101. The molecular weight excluding hydrogens is 326 g/mol. The van der Waals surface area contributed by atoms with Crippen LogP contribution in [0.3, 0.4) is 0 Å². The fourth-order valence-corrected chi connectivity index (χ4v) is 3.02. The van der Waals surface area contributed by atoms with E-state index in [1.807, 2.05) is 6.07 Å². The van der Waals surface area contributed by atoms with E-state index in [0.717, 1.165) is 22.9 Å². The molecule has 2 nitrogen and oxygen atoms in total. The largest absolute Gasteiger partial charge is 0.293 e. The molecule has 0 amide bonds. The molecule has 0 saturated carbocycles. The number of aromatic nitrogens is 1. The van der Waals surface area contributed by atoms with Gasteiger partial charge in [0.05, 0.1) is 0 Å². The smallest absolute Gasteiger partial charge is 0.178 e. The van der Waals surface area contributed by atoms with Crippen LogP contribution in [-0.2, 0) is 12.8 Å². The SMILES string of the molecule is CC(=O)c1ncc(Br)cc1CCc1cc(C)cc(C)c1C. The number of rotatable bonds is 4. The van der Waals surface area contributed by atoms with E-state index in [0.29, 0.717) is 5.69 Å². The highest BCUT2D eigenvalue weighted by Gasteiger charge is 2.11. The Kier molecular flexibility index (Phi) is 4.94. The third kappa shape index (κ3) is 3.79. The van der Waals surface area contributed by atoms with E-state index in [4.69, 9.17) is 0 Å². The van der Waals surface area contributed by atoms with Crippen molar-refractivity contribution < 1.29 is 4.79 Å². The van der Waals surface area contributed by atoms with E-state index in [-0.39, 0.29) is 5.78 Å². The van der Waals surface area contributed by atoms with E-state index < -0.39 is 0 Å². The van der Waals surface area contributed by atoms with E-state index in [2.05, 4.69) is 53.8 Å². The number of nitrogens with zero attached hydrogens (tertiary/aromatic N) is 1. The van der Waals surface area contributed by atoms with Crippen LogP contribution in [0.5, 0.6) is 0 Å². The van der Waals surface area contributed by atoms with Crippen molar-refractivity contribution in [3.63, 3.8) is 0 Å². The number of Topliss-reactive ketones (excluding diaryl/α,β-unsaturated/α-hetero) is 1. The minimum atomic E-state index is 0.0228. The predicted octanol–water partition coefficient (Wildman–Crippen LogP) is 4.76. The molecule has 0 aliphatic carbocycles. The molecule has 0 bridgehead atoms. The number of carbonyl (C=O) groups is 1. The first-order valence-electron chi connectivity index (χ1n) is 7.10. The van der Waals surface area contributed by atoms with Gasteiger partial charge in [0.1, 0.15) is 5.69 Å². The lowest BCUT2D eigenvalue weighted by Gasteiger charge is -2.12. The summed E-state index contributed by atoms with van der Waals surface area (Å²) in [7, 11) is 0. The summed E-state index contributed by atoms with van der Waals surface area (Å²) in [5.74, 6) is 0.0228. The first-order valence-corrected chi connectivity index (χ1v) is 7.90. The average molecular weight is 346 g/mol. The lowest BCUT2D eigenvalue weighted by Crippen LogP contribution is -2.05. The van der Waals surface area contributed by atoms with Gasteiger partial charge in [-0.05, 0) is 77.9 Å². The normalized spacial score (nSPS) is 10.7. The minimum absolute atomic E-state index is 0.0228. The van der Waals surface area contributed by atoms with Crippen LogP contribution < -0.4 is 0 Å². The number of carbonyl (C=O) groups excluding carboxylic acids is 1. The first-order chi connectivity index (χ1) is 9.88. The monoisotopic (exact) mass is 345 g/mol. The summed E-state index contributed by atoms with van der Waals surface area (Å²) in [5.41, 5.74) is 6.89. The fourth-order valence-electron chi connectivity index (χ4n) is 2.65. The molecule has 2 aromatic rings. The van der Waals surface area contributed by atoms with Crippen LogP contribution in [0, 0.1) is 20.8 Å². The highest BCUT2D eigenvalue weighted by Crippen LogP contribution is 2.20. The number of ketones is 1. The number of pyridine rings is 1. The van der Waals surface area contributed by atoms with Gasteiger partial charge in [-0.15, -0.1) is 0 Å². The third-order valence-corrected chi connectivity index (χ3v) is 4.28. The van der Waals surface area contributed by atoms with Gasteiger partial charge in [0.15, 0.2) is 5.78 Å². The van der Waals surface area contributed by atoms with E-state index in [1.54, 1.807) is 13.1 Å². The molecule has 0 spiro atoms. The van der Waals surface area contributed by atoms with Crippen molar-refractivity contribution in [3.8, 4) is 0 Å². The Morgan fingerprint density at radius 2 is 1.76 bits per heavy atom. The van der Waals surface area contributed by atoms with Gasteiger partial charge in [0.25, 0.3) is 0 Å². The minimum Gasteiger partial charge on any atom is -0.293 e. The Labute approximate surface area is 134 Å². The Hall–Kier alpha value is -1.48. The Morgan fingerprint density at radius 3 is 2.43 bits per heavy atom. The standard InChI is InChI=1S/C18H20BrNO/c1-11-7-12(2)13(3)15(8-11)5-6-16-9-17(19)10-20-18(16)14(4)21/h7-10H,5-6H2,1-4H3. The van der Waals surface area contributed by atoms with Crippen LogP contribution in [0.4, 0.5) is 0 Å². The molecule has 1 aromatic heterocycles. The topological polar surface area (TPSA) is 30.0 Å². The van der Waals surface area contributed by atoms with Crippen LogP contribution in [0.1, 0.15) is 45.2 Å². The van der Waals surface area contributed by atoms with Crippen molar-refractivity contribution in [1.29, 1.82) is 0 Å². The highest BCUT2D eigenvalue weighted by molar-refractivity contribution is 9.10. The summed E-state index contributed by atoms with van der Waals surface area (Å²) in [6, 6.07) is 6.45. The quantitative estimate of drug-likeness (QED) is 0.748. The second kappa shape index (κ2) is 6.52. The zero-order valence-electron chi connectivity index (χ0n) is 13.0. The molecule has 0 N–H and O–H groups in total. The number of hydrogen-bond acceptors (Lipinski definition) is 2. The Balaban J connectivity index is 2.28. The van der Waals surface area contributed by atoms with E-state index in [1.165, 1.54) is 22.3 Å². The molecule has 0 aliphatic heterocycles. The molecule has 1 heterocycles. The summed E-state index contributed by atoms with van der Waals surface area (Å²) in [4.78, 5) is 15.9. The first kappa shape index (κ1) is 15.9. The molecule has 0 fully saturated rings. The summed E-state index contributed by atoms with van der Waals surface area (Å²) in [5, 5.41) is 0. The number of hydrogen-bond donors (Lipinski definition) is 0. The van der Waals surface area contributed by atoms with Crippen molar-refractivity contribution in [3.05, 3.63) is 62.4 Å². The van der Waals surface area contributed by atoms with Crippen LogP contribution in [-0.4, -0.2) is 10.8 Å². The Bertz CT molecular complexity index is 692. The van der Waals surface area contributed by atoms with Crippen LogP contribution in [0.25, 0.3) is 0 Å². The maximum absolute atomic E-state index is 11.7. The summed E-state index contributed by atoms with van der Waals surface area (Å²) < 4.78 is 0.916. The van der Waals surface area contributed by atoms with Crippen molar-refractivity contribution in [2.75, 3.05) is 0 Å². The molecule has 0 aliphatic rings. The summed E-state index contributed by atoms with van der Waals surface area (Å²) in [6.45, 7) is 8.00. The summed E-state index contributed by atoms with van der Waals surface area (Å²) in [6.07, 6.45) is 3.43.